The van der Waals surface area contributed by atoms with Crippen LogP contribution in [0, 0.1) is 5.41 Å². The summed E-state index contributed by atoms with van der Waals surface area (Å²) in [5.74, 6) is 0.0103. The molecular formula is C23H21N3O5. The average Bonchev–Trinajstić information content (AvgIpc) is 3.12. The van der Waals surface area contributed by atoms with Crippen molar-refractivity contribution in [2.24, 2.45) is 5.73 Å². The van der Waals surface area contributed by atoms with Gasteiger partial charge in [-0.05, 0) is 35.0 Å². The van der Waals surface area contributed by atoms with Crippen LogP contribution in [0.3, 0.4) is 0 Å². The summed E-state index contributed by atoms with van der Waals surface area (Å²) in [6.07, 6.45) is -1.000. The normalized spacial score (nSPS) is 15.6. The van der Waals surface area contributed by atoms with Crippen molar-refractivity contribution in [3.8, 4) is 11.5 Å². The largest absolute Gasteiger partial charge is 0.490 e. The Hall–Kier alpha value is -4.07. The molecule has 1 heterocycles. The van der Waals surface area contributed by atoms with Crippen molar-refractivity contribution < 1.29 is 23.8 Å². The summed E-state index contributed by atoms with van der Waals surface area (Å²) in [5.41, 5.74) is 6.28. The molecule has 0 aromatic heterocycles. The van der Waals surface area contributed by atoms with Gasteiger partial charge in [0.15, 0.2) is 6.10 Å². The maximum atomic E-state index is 12.4. The number of amides is 1. The van der Waals surface area contributed by atoms with Gasteiger partial charge in [-0.2, -0.15) is 0 Å². The van der Waals surface area contributed by atoms with Crippen molar-refractivity contribution in [3.63, 3.8) is 0 Å². The highest BCUT2D eigenvalue weighted by atomic mass is 16.6. The molecule has 3 N–H and O–H groups in total. The minimum Gasteiger partial charge on any atom is -0.490 e. The van der Waals surface area contributed by atoms with E-state index in [0.717, 1.165) is 10.8 Å². The molecule has 1 aliphatic heterocycles. The van der Waals surface area contributed by atoms with Gasteiger partial charge < -0.3 is 19.9 Å². The van der Waals surface area contributed by atoms with Crippen molar-refractivity contribution in [2.45, 2.75) is 13.0 Å². The smallest absolute Gasteiger partial charge is 0.414 e. The molecule has 1 amide bonds. The molecule has 0 spiro atoms. The fourth-order valence-electron chi connectivity index (χ4n) is 3.41. The first-order valence-corrected chi connectivity index (χ1v) is 9.67. The monoisotopic (exact) mass is 419 g/mol. The summed E-state index contributed by atoms with van der Waals surface area (Å²) in [4.78, 5) is 25.2. The molecule has 1 atom stereocenters. The van der Waals surface area contributed by atoms with Gasteiger partial charge in [0.25, 0.3) is 0 Å². The summed E-state index contributed by atoms with van der Waals surface area (Å²) in [5, 5.41) is 9.80. The van der Waals surface area contributed by atoms with Gasteiger partial charge in [-0.3, -0.25) is 15.1 Å². The molecule has 0 radical (unpaired) electrons. The highest BCUT2D eigenvalue weighted by Gasteiger charge is 2.33. The van der Waals surface area contributed by atoms with Gasteiger partial charge in [-0.15, -0.1) is 0 Å². The number of benzene rings is 3. The second-order valence-corrected chi connectivity index (χ2v) is 7.12. The zero-order valence-electron chi connectivity index (χ0n) is 16.8. The predicted octanol–water partition coefficient (Wildman–Crippen LogP) is 3.45. The Balaban J connectivity index is 1.46. The van der Waals surface area contributed by atoms with Crippen LogP contribution in [0.15, 0.2) is 60.7 Å². The number of ether oxygens (including phenoxy) is 3. The Kier molecular flexibility index (Phi) is 5.44. The summed E-state index contributed by atoms with van der Waals surface area (Å²) in [7, 11) is 0. The van der Waals surface area contributed by atoms with E-state index >= 15 is 0 Å². The first-order chi connectivity index (χ1) is 14.9. The molecule has 31 heavy (non-hydrogen) atoms. The van der Waals surface area contributed by atoms with Crippen molar-refractivity contribution in [1.82, 2.24) is 0 Å². The molecule has 3 aromatic carbocycles. The summed E-state index contributed by atoms with van der Waals surface area (Å²) in [6.45, 7) is 1.72. The molecule has 0 aliphatic carbocycles. The van der Waals surface area contributed by atoms with Gasteiger partial charge in [0, 0.05) is 13.0 Å². The fraction of sp³-hybridized carbons (Fsp3) is 0.174. The minimum absolute atomic E-state index is 0.112. The molecule has 0 bridgehead atoms. The second kappa shape index (κ2) is 8.35. The maximum absolute atomic E-state index is 12.4. The number of hydrogen-bond donors (Lipinski definition) is 2. The number of carbonyl (C=O) groups is 2. The molecular weight excluding hydrogens is 398 g/mol. The Labute approximate surface area is 178 Å². The zero-order valence-corrected chi connectivity index (χ0v) is 16.8. The Morgan fingerprint density at radius 2 is 1.94 bits per heavy atom. The number of esters is 1. The summed E-state index contributed by atoms with van der Waals surface area (Å²) < 4.78 is 16.4. The van der Waals surface area contributed by atoms with Gasteiger partial charge >= 0.3 is 12.1 Å². The molecule has 8 heteroatoms. The average molecular weight is 419 g/mol. The second-order valence-electron chi connectivity index (χ2n) is 7.12. The molecule has 0 saturated carbocycles. The third-order valence-electron chi connectivity index (χ3n) is 4.85. The van der Waals surface area contributed by atoms with E-state index in [4.69, 9.17) is 25.4 Å². The molecule has 158 valence electrons. The Morgan fingerprint density at radius 1 is 1.16 bits per heavy atom. The van der Waals surface area contributed by atoms with Crippen LogP contribution in [-0.4, -0.2) is 37.2 Å². The minimum atomic E-state index is -0.551. The summed E-state index contributed by atoms with van der Waals surface area (Å²) >= 11 is 0. The number of hydrogen-bond acceptors (Lipinski definition) is 6. The van der Waals surface area contributed by atoms with Crippen LogP contribution in [0.1, 0.15) is 12.5 Å². The standard InChI is InChI=1S/C23H21N3O5/c1-14(27)30-21-11-17(7-9-20(21)22(24)25)26-12-19(31-23(26)28)13-29-18-8-6-15-4-2-3-5-16(15)10-18/h2-11,19H,12-13H2,1H3,(H3,24,25). The van der Waals surface area contributed by atoms with E-state index in [1.54, 1.807) is 6.07 Å². The number of amidine groups is 1. The maximum Gasteiger partial charge on any atom is 0.414 e. The lowest BCUT2D eigenvalue weighted by atomic mass is 10.1. The third kappa shape index (κ3) is 4.42. The molecule has 1 unspecified atom stereocenters. The molecule has 3 aromatic rings. The van der Waals surface area contributed by atoms with Gasteiger partial charge in [0.2, 0.25) is 0 Å². The van der Waals surface area contributed by atoms with Crippen molar-refractivity contribution in [2.75, 3.05) is 18.1 Å². The number of anilines is 1. The van der Waals surface area contributed by atoms with E-state index in [0.29, 0.717) is 11.4 Å². The van der Waals surface area contributed by atoms with Crippen LogP contribution in [0.5, 0.6) is 11.5 Å². The number of fused-ring (bicyclic) bond motifs is 1. The van der Waals surface area contributed by atoms with Gasteiger partial charge in [-0.1, -0.05) is 30.3 Å². The van der Waals surface area contributed by atoms with Crippen LogP contribution in [-0.2, 0) is 9.53 Å². The van der Waals surface area contributed by atoms with Crippen molar-refractivity contribution >= 4 is 34.4 Å². The van der Waals surface area contributed by atoms with Gasteiger partial charge in [-0.25, -0.2) is 4.79 Å². The van der Waals surface area contributed by atoms with E-state index in [1.165, 1.54) is 24.0 Å². The van der Waals surface area contributed by atoms with Crippen LogP contribution in [0.25, 0.3) is 10.8 Å². The van der Waals surface area contributed by atoms with Crippen LogP contribution >= 0.6 is 0 Å². The molecule has 1 fully saturated rings. The van der Waals surface area contributed by atoms with E-state index < -0.39 is 18.2 Å². The van der Waals surface area contributed by atoms with Gasteiger partial charge in [0.1, 0.15) is 23.9 Å². The van der Waals surface area contributed by atoms with Crippen molar-refractivity contribution in [3.05, 3.63) is 66.2 Å². The molecule has 8 nitrogen and oxygen atoms in total. The van der Waals surface area contributed by atoms with E-state index in [1.807, 2.05) is 42.5 Å². The number of nitrogens with zero attached hydrogens (tertiary/aromatic N) is 1. The number of nitrogens with two attached hydrogens (primary N) is 1. The Bertz CT molecular complexity index is 1180. The lowest BCUT2D eigenvalue weighted by Gasteiger charge is -2.16. The number of nitrogen functional groups attached to an aromatic ring is 1. The molecule has 1 saturated heterocycles. The molecule has 4 rings (SSSR count). The Morgan fingerprint density at radius 3 is 2.68 bits per heavy atom. The number of rotatable bonds is 6. The lowest BCUT2D eigenvalue weighted by Crippen LogP contribution is -2.27. The highest BCUT2D eigenvalue weighted by molar-refractivity contribution is 5.99. The molecule has 1 aliphatic rings. The topological polar surface area (TPSA) is 115 Å². The first-order valence-electron chi connectivity index (χ1n) is 9.67. The predicted molar refractivity (Wildman–Crippen MR) is 116 cm³/mol. The van der Waals surface area contributed by atoms with E-state index in [2.05, 4.69) is 0 Å². The SMILES string of the molecule is CC(=O)Oc1cc(N2CC(COc3ccc4ccccc4c3)OC2=O)ccc1C(=N)N. The zero-order chi connectivity index (χ0) is 22.0. The number of nitrogens with one attached hydrogen (secondary N) is 1. The summed E-state index contributed by atoms with van der Waals surface area (Å²) in [6, 6.07) is 18.4. The van der Waals surface area contributed by atoms with Crippen LogP contribution < -0.4 is 20.1 Å². The van der Waals surface area contributed by atoms with Crippen molar-refractivity contribution in [1.29, 1.82) is 5.41 Å². The van der Waals surface area contributed by atoms with E-state index in [-0.39, 0.29) is 30.3 Å². The van der Waals surface area contributed by atoms with Crippen LogP contribution in [0.4, 0.5) is 10.5 Å². The third-order valence-corrected chi connectivity index (χ3v) is 4.85. The highest BCUT2D eigenvalue weighted by Crippen LogP contribution is 2.29. The lowest BCUT2D eigenvalue weighted by molar-refractivity contribution is -0.131. The van der Waals surface area contributed by atoms with E-state index in [9.17, 15) is 9.59 Å². The fourth-order valence-corrected chi connectivity index (χ4v) is 3.41. The first kappa shape index (κ1) is 20.2. The van der Waals surface area contributed by atoms with Gasteiger partial charge in [0.05, 0.1) is 17.8 Å². The number of carbonyl (C=O) groups excluding carboxylic acids is 2. The quantitative estimate of drug-likeness (QED) is 0.274. The van der Waals surface area contributed by atoms with Crippen LogP contribution in [0.2, 0.25) is 0 Å². The number of cyclic esters (lactones) is 1.